The summed E-state index contributed by atoms with van der Waals surface area (Å²) in [6.45, 7) is 1.27. The fourth-order valence-corrected chi connectivity index (χ4v) is 1.29. The fourth-order valence-electron chi connectivity index (χ4n) is 1.29. The van der Waals surface area contributed by atoms with E-state index in [2.05, 4.69) is 14.7 Å². The van der Waals surface area contributed by atoms with Crippen molar-refractivity contribution in [3.8, 4) is 5.75 Å². The van der Waals surface area contributed by atoms with E-state index in [1.165, 1.54) is 21.1 Å². The van der Waals surface area contributed by atoms with E-state index in [4.69, 9.17) is 4.74 Å². The second-order valence-electron chi connectivity index (χ2n) is 3.20. The Labute approximate surface area is 104 Å². The van der Waals surface area contributed by atoms with Gasteiger partial charge in [-0.15, -0.1) is 0 Å². The van der Waals surface area contributed by atoms with Gasteiger partial charge in [-0.25, -0.2) is 4.79 Å². The molecule has 1 aromatic carbocycles. The number of rotatable bonds is 4. The van der Waals surface area contributed by atoms with Gasteiger partial charge in [-0.3, -0.25) is 4.79 Å². The lowest BCUT2D eigenvalue weighted by molar-refractivity contribution is -0.133. The van der Waals surface area contributed by atoms with E-state index in [0.717, 1.165) is 0 Å². The van der Waals surface area contributed by atoms with Gasteiger partial charge in [0, 0.05) is 6.92 Å². The summed E-state index contributed by atoms with van der Waals surface area (Å²) in [4.78, 5) is 27.1. The number of hydrogen-bond donors (Lipinski definition) is 0. The minimum Gasteiger partial charge on any atom is -0.464 e. The van der Waals surface area contributed by atoms with Gasteiger partial charge < -0.3 is 14.3 Å². The Hall–Kier alpha value is -2.37. The molecule has 0 unspecified atom stereocenters. The summed E-state index contributed by atoms with van der Waals surface area (Å²) in [6.07, 6.45) is 0. The summed E-state index contributed by atoms with van der Waals surface area (Å²) in [7, 11) is 2.53. The summed E-state index contributed by atoms with van der Waals surface area (Å²) >= 11 is 0. The normalized spacial score (nSPS) is 10.7. The molecule has 0 aliphatic heterocycles. The van der Waals surface area contributed by atoms with Gasteiger partial charge in [0.05, 0.1) is 12.7 Å². The van der Waals surface area contributed by atoms with E-state index >= 15 is 0 Å². The largest absolute Gasteiger partial charge is 0.464 e. The molecule has 0 bridgehead atoms. The third-order valence-corrected chi connectivity index (χ3v) is 1.96. The average Bonchev–Trinajstić information content (AvgIpc) is 2.35. The van der Waals surface area contributed by atoms with Gasteiger partial charge in [0.1, 0.15) is 12.9 Å². The first-order valence-corrected chi connectivity index (χ1v) is 5.07. The lowest BCUT2D eigenvalue weighted by atomic mass is 10.1. The molecular formula is C12H13NO5. The third-order valence-electron chi connectivity index (χ3n) is 1.96. The smallest absolute Gasteiger partial charge is 0.360 e. The number of carbonyl (C=O) groups is 2. The van der Waals surface area contributed by atoms with Gasteiger partial charge in [-0.05, 0) is 12.1 Å². The highest BCUT2D eigenvalue weighted by Gasteiger charge is 2.20. The van der Waals surface area contributed by atoms with E-state index in [0.29, 0.717) is 5.56 Å². The van der Waals surface area contributed by atoms with Crippen LogP contribution in [-0.2, 0) is 19.2 Å². The number of ether oxygens (including phenoxy) is 2. The van der Waals surface area contributed by atoms with Crippen LogP contribution in [-0.4, -0.2) is 31.9 Å². The van der Waals surface area contributed by atoms with Gasteiger partial charge in [0.2, 0.25) is 0 Å². The molecule has 0 amide bonds. The summed E-state index contributed by atoms with van der Waals surface area (Å²) in [5.74, 6) is -0.966. The number of oxime groups is 1. The van der Waals surface area contributed by atoms with Crippen LogP contribution in [0.2, 0.25) is 0 Å². The van der Waals surface area contributed by atoms with Crippen LogP contribution in [0.4, 0.5) is 0 Å². The number of esters is 2. The van der Waals surface area contributed by atoms with Crippen LogP contribution in [0.1, 0.15) is 12.5 Å². The molecule has 0 aliphatic carbocycles. The van der Waals surface area contributed by atoms with Crippen LogP contribution in [0.25, 0.3) is 0 Å². The Morgan fingerprint density at radius 1 is 1.17 bits per heavy atom. The van der Waals surface area contributed by atoms with Crippen molar-refractivity contribution >= 4 is 17.7 Å². The Kier molecular flexibility index (Phi) is 4.86. The van der Waals surface area contributed by atoms with E-state index in [-0.39, 0.29) is 11.5 Å². The van der Waals surface area contributed by atoms with Crippen molar-refractivity contribution in [2.75, 3.05) is 14.2 Å². The first-order chi connectivity index (χ1) is 8.60. The summed E-state index contributed by atoms with van der Waals surface area (Å²) in [5, 5.41) is 3.58. The Morgan fingerprint density at radius 3 is 2.39 bits per heavy atom. The van der Waals surface area contributed by atoms with Crippen molar-refractivity contribution in [1.29, 1.82) is 0 Å². The molecule has 96 valence electrons. The first kappa shape index (κ1) is 13.7. The monoisotopic (exact) mass is 251 g/mol. The highest BCUT2D eigenvalue weighted by atomic mass is 16.6. The van der Waals surface area contributed by atoms with Crippen LogP contribution in [0.15, 0.2) is 29.4 Å². The maximum Gasteiger partial charge on any atom is 0.360 e. The van der Waals surface area contributed by atoms with Gasteiger partial charge in [-0.1, -0.05) is 17.3 Å². The van der Waals surface area contributed by atoms with Gasteiger partial charge in [-0.2, -0.15) is 0 Å². The Balaban J connectivity index is 3.24. The van der Waals surface area contributed by atoms with Gasteiger partial charge >= 0.3 is 11.9 Å². The minimum absolute atomic E-state index is 0.0724. The third kappa shape index (κ3) is 3.31. The lowest BCUT2D eigenvalue weighted by Gasteiger charge is -2.09. The van der Waals surface area contributed by atoms with Crippen molar-refractivity contribution in [2.45, 2.75) is 6.92 Å². The predicted octanol–water partition coefficient (Wildman–Crippen LogP) is 1.14. The van der Waals surface area contributed by atoms with E-state index in [1.807, 2.05) is 0 Å². The molecule has 0 radical (unpaired) electrons. The maximum atomic E-state index is 11.6. The summed E-state index contributed by atoms with van der Waals surface area (Å²) in [5.41, 5.74) is 0.248. The molecule has 0 heterocycles. The van der Waals surface area contributed by atoms with Crippen molar-refractivity contribution in [2.24, 2.45) is 5.16 Å². The van der Waals surface area contributed by atoms with Crippen molar-refractivity contribution < 1.29 is 23.9 Å². The zero-order valence-electron chi connectivity index (χ0n) is 10.3. The summed E-state index contributed by atoms with van der Waals surface area (Å²) < 4.78 is 9.57. The molecule has 6 nitrogen and oxygen atoms in total. The highest BCUT2D eigenvalue weighted by molar-refractivity contribution is 6.43. The van der Waals surface area contributed by atoms with Crippen molar-refractivity contribution in [3.05, 3.63) is 29.8 Å². The molecule has 6 heteroatoms. The molecule has 0 aromatic heterocycles. The van der Waals surface area contributed by atoms with Crippen molar-refractivity contribution in [3.63, 3.8) is 0 Å². The summed E-state index contributed by atoms with van der Waals surface area (Å²) in [6, 6.07) is 6.47. The quantitative estimate of drug-likeness (QED) is 0.347. The van der Waals surface area contributed by atoms with Crippen LogP contribution in [0.3, 0.4) is 0 Å². The molecule has 0 spiro atoms. The number of para-hydroxylation sites is 1. The lowest BCUT2D eigenvalue weighted by Crippen LogP contribution is -2.19. The minimum atomic E-state index is -0.684. The molecule has 0 fully saturated rings. The number of carbonyl (C=O) groups excluding carboxylic acids is 2. The first-order valence-electron chi connectivity index (χ1n) is 5.07. The number of benzene rings is 1. The molecule has 0 N–H and O–H groups in total. The zero-order chi connectivity index (χ0) is 13.5. The number of methoxy groups -OCH3 is 1. The van der Waals surface area contributed by atoms with E-state index < -0.39 is 11.9 Å². The number of nitrogens with zero attached hydrogens (tertiary/aromatic N) is 1. The maximum absolute atomic E-state index is 11.6. The van der Waals surface area contributed by atoms with E-state index in [1.54, 1.807) is 24.3 Å². The zero-order valence-corrected chi connectivity index (χ0v) is 10.3. The predicted molar refractivity (Wildman–Crippen MR) is 63.3 cm³/mol. The molecular weight excluding hydrogens is 238 g/mol. The van der Waals surface area contributed by atoms with Crippen molar-refractivity contribution in [1.82, 2.24) is 0 Å². The van der Waals surface area contributed by atoms with Crippen LogP contribution in [0, 0.1) is 0 Å². The molecule has 0 saturated heterocycles. The molecule has 0 saturated carbocycles. The van der Waals surface area contributed by atoms with Crippen LogP contribution in [0.5, 0.6) is 5.75 Å². The van der Waals surface area contributed by atoms with Crippen LogP contribution < -0.4 is 4.74 Å². The standard InChI is InChI=1S/C12H13NO5/c1-8(14)18-10-7-5-4-6-9(10)11(13-17-3)12(15)16-2/h4-7H,1-3H3/b13-11+. The van der Waals surface area contributed by atoms with Gasteiger partial charge in [0.25, 0.3) is 0 Å². The number of hydrogen-bond acceptors (Lipinski definition) is 6. The van der Waals surface area contributed by atoms with Gasteiger partial charge in [0.15, 0.2) is 5.71 Å². The highest BCUT2D eigenvalue weighted by Crippen LogP contribution is 2.20. The molecule has 18 heavy (non-hydrogen) atoms. The topological polar surface area (TPSA) is 74.2 Å². The molecule has 0 atom stereocenters. The Bertz CT molecular complexity index is 481. The molecule has 1 rings (SSSR count). The Morgan fingerprint density at radius 2 is 1.83 bits per heavy atom. The average molecular weight is 251 g/mol. The second kappa shape index (κ2) is 6.39. The molecule has 1 aromatic rings. The van der Waals surface area contributed by atoms with Crippen LogP contribution >= 0.6 is 0 Å². The SMILES string of the molecule is CO/N=C(/C(=O)OC)c1ccccc1OC(C)=O. The second-order valence-corrected chi connectivity index (χ2v) is 3.20. The molecule has 0 aliphatic rings. The van der Waals surface area contributed by atoms with E-state index in [9.17, 15) is 9.59 Å². The fraction of sp³-hybridized carbons (Fsp3) is 0.250.